The first-order valence-corrected chi connectivity index (χ1v) is 5.43. The molecule has 3 rings (SSSR count). The fraction of sp³-hybridized carbons (Fsp3) is 0.417. The summed E-state index contributed by atoms with van der Waals surface area (Å²) in [5.74, 6) is 0. The maximum absolute atomic E-state index is 4.35. The predicted octanol–water partition coefficient (Wildman–Crippen LogP) is 1.63. The second-order valence-electron chi connectivity index (χ2n) is 4.41. The van der Waals surface area contributed by atoms with Crippen LogP contribution in [0.3, 0.4) is 0 Å². The van der Waals surface area contributed by atoms with E-state index in [-0.39, 0.29) is 0 Å². The van der Waals surface area contributed by atoms with Gasteiger partial charge in [-0.3, -0.25) is 0 Å². The minimum Gasteiger partial charge on any atom is -0.314 e. The number of pyridine rings is 1. The summed E-state index contributed by atoms with van der Waals surface area (Å²) in [6, 6.07) is 6.21. The summed E-state index contributed by atoms with van der Waals surface area (Å²) >= 11 is 0. The molecule has 3 heteroatoms. The van der Waals surface area contributed by atoms with E-state index in [1.165, 1.54) is 23.9 Å². The van der Waals surface area contributed by atoms with Gasteiger partial charge in [0, 0.05) is 11.7 Å². The van der Waals surface area contributed by atoms with Crippen molar-refractivity contribution >= 4 is 5.52 Å². The number of nitrogens with zero attached hydrogens (tertiary/aromatic N) is 2. The first-order valence-electron chi connectivity index (χ1n) is 5.43. The lowest BCUT2D eigenvalue weighted by Gasteiger charge is -2.12. The molecule has 1 aliphatic carbocycles. The average Bonchev–Trinajstić information content (AvgIpc) is 2.95. The van der Waals surface area contributed by atoms with Crippen LogP contribution in [0.2, 0.25) is 0 Å². The van der Waals surface area contributed by atoms with Gasteiger partial charge in [0.2, 0.25) is 0 Å². The third-order valence-corrected chi connectivity index (χ3v) is 3.42. The van der Waals surface area contributed by atoms with Crippen molar-refractivity contribution in [3.63, 3.8) is 0 Å². The molecule has 1 saturated carbocycles. The Balaban J connectivity index is 1.98. The summed E-state index contributed by atoms with van der Waals surface area (Å²) in [4.78, 5) is 0. The molecule has 0 spiro atoms. The van der Waals surface area contributed by atoms with Crippen molar-refractivity contribution in [1.82, 2.24) is 14.9 Å². The Labute approximate surface area is 89.1 Å². The Bertz CT molecular complexity index is 482. The molecule has 15 heavy (non-hydrogen) atoms. The molecule has 2 aromatic rings. The highest BCUT2D eigenvalue weighted by atomic mass is 15.2. The molecule has 0 saturated heterocycles. The van der Waals surface area contributed by atoms with Gasteiger partial charge in [0.05, 0.1) is 11.7 Å². The van der Waals surface area contributed by atoms with Crippen LogP contribution in [0.4, 0.5) is 0 Å². The summed E-state index contributed by atoms with van der Waals surface area (Å²) in [6.07, 6.45) is 7.66. The van der Waals surface area contributed by atoms with Gasteiger partial charge in [0.1, 0.15) is 0 Å². The van der Waals surface area contributed by atoms with Crippen molar-refractivity contribution in [2.45, 2.75) is 24.8 Å². The number of aromatic nitrogens is 2. The van der Waals surface area contributed by atoms with E-state index in [1.807, 2.05) is 23.0 Å². The molecule has 2 heterocycles. The maximum atomic E-state index is 4.35. The minimum atomic E-state index is 0.360. The summed E-state index contributed by atoms with van der Waals surface area (Å²) < 4.78 is 1.95. The molecule has 1 aliphatic rings. The Hall–Kier alpha value is -1.35. The molecule has 2 aromatic heterocycles. The summed E-state index contributed by atoms with van der Waals surface area (Å²) in [5, 5.41) is 7.77. The lowest BCUT2D eigenvalue weighted by Crippen LogP contribution is -2.29. The molecule has 0 amide bonds. The quantitative estimate of drug-likeness (QED) is 0.817. The first-order chi connectivity index (χ1) is 7.33. The fourth-order valence-corrected chi connectivity index (χ4v) is 2.15. The maximum Gasteiger partial charge on any atom is 0.0694 e. The summed E-state index contributed by atoms with van der Waals surface area (Å²) in [6.45, 7) is 0. The fourth-order valence-electron chi connectivity index (χ4n) is 2.15. The van der Waals surface area contributed by atoms with E-state index < -0.39 is 0 Å². The number of nitrogens with one attached hydrogen (secondary N) is 1. The summed E-state index contributed by atoms with van der Waals surface area (Å²) in [7, 11) is 2.05. The Morgan fingerprint density at radius 2 is 2.33 bits per heavy atom. The number of rotatable bonds is 3. The van der Waals surface area contributed by atoms with E-state index in [0.29, 0.717) is 5.54 Å². The van der Waals surface area contributed by atoms with Crippen LogP contribution in [0, 0.1) is 0 Å². The number of fused-ring (bicyclic) bond motifs is 1. The number of hydrogen-bond donors (Lipinski definition) is 1. The van der Waals surface area contributed by atoms with Gasteiger partial charge in [-0.25, -0.2) is 4.52 Å². The monoisotopic (exact) mass is 201 g/mol. The SMILES string of the molecule is CNC1(Cc2cnn3ccccc23)CC1. The highest BCUT2D eigenvalue weighted by Crippen LogP contribution is 2.38. The molecular formula is C12H15N3. The topological polar surface area (TPSA) is 29.3 Å². The molecule has 1 fully saturated rings. The van der Waals surface area contributed by atoms with E-state index in [2.05, 4.69) is 29.6 Å². The van der Waals surface area contributed by atoms with Crippen LogP contribution in [0.15, 0.2) is 30.6 Å². The Morgan fingerprint density at radius 1 is 1.47 bits per heavy atom. The van der Waals surface area contributed by atoms with Gasteiger partial charge < -0.3 is 5.32 Å². The van der Waals surface area contributed by atoms with Gasteiger partial charge in [-0.1, -0.05) is 6.07 Å². The zero-order chi connectivity index (χ0) is 10.3. The van der Waals surface area contributed by atoms with Gasteiger partial charge in [0.25, 0.3) is 0 Å². The van der Waals surface area contributed by atoms with E-state index in [1.54, 1.807) is 0 Å². The van der Waals surface area contributed by atoms with Crippen molar-refractivity contribution in [3.05, 3.63) is 36.2 Å². The van der Waals surface area contributed by atoms with E-state index >= 15 is 0 Å². The molecule has 1 N–H and O–H groups in total. The smallest absolute Gasteiger partial charge is 0.0694 e. The van der Waals surface area contributed by atoms with Crippen LogP contribution in [0.25, 0.3) is 5.52 Å². The van der Waals surface area contributed by atoms with Gasteiger partial charge >= 0.3 is 0 Å². The van der Waals surface area contributed by atoms with Crippen molar-refractivity contribution in [2.75, 3.05) is 7.05 Å². The third kappa shape index (κ3) is 1.43. The van der Waals surface area contributed by atoms with Crippen LogP contribution in [0.5, 0.6) is 0 Å². The van der Waals surface area contributed by atoms with Crippen LogP contribution in [-0.4, -0.2) is 22.2 Å². The first kappa shape index (κ1) is 8.92. The molecule has 0 radical (unpaired) electrons. The lowest BCUT2D eigenvalue weighted by atomic mass is 10.1. The standard InChI is InChI=1S/C12H15N3/c1-13-12(5-6-12)8-10-9-14-15-7-3-2-4-11(10)15/h2-4,7,9,13H,5-6,8H2,1H3. The average molecular weight is 201 g/mol. The van der Waals surface area contributed by atoms with Gasteiger partial charge in [-0.05, 0) is 44.0 Å². The van der Waals surface area contributed by atoms with Crippen LogP contribution < -0.4 is 5.32 Å². The van der Waals surface area contributed by atoms with Gasteiger partial charge in [0.15, 0.2) is 0 Å². The number of likely N-dealkylation sites (N-methyl/N-ethyl adjacent to an activating group) is 1. The zero-order valence-electron chi connectivity index (χ0n) is 8.90. The Morgan fingerprint density at radius 3 is 3.07 bits per heavy atom. The molecule has 0 atom stereocenters. The molecule has 78 valence electrons. The molecule has 3 nitrogen and oxygen atoms in total. The normalized spacial score (nSPS) is 18.2. The number of hydrogen-bond acceptors (Lipinski definition) is 2. The molecular weight excluding hydrogens is 186 g/mol. The zero-order valence-corrected chi connectivity index (χ0v) is 8.90. The summed E-state index contributed by atoms with van der Waals surface area (Å²) in [5.41, 5.74) is 2.95. The van der Waals surface area contributed by atoms with E-state index in [4.69, 9.17) is 0 Å². The molecule has 0 aliphatic heterocycles. The van der Waals surface area contributed by atoms with E-state index in [0.717, 1.165) is 6.42 Å². The largest absolute Gasteiger partial charge is 0.314 e. The van der Waals surface area contributed by atoms with E-state index in [9.17, 15) is 0 Å². The van der Waals surface area contributed by atoms with Crippen LogP contribution in [-0.2, 0) is 6.42 Å². The van der Waals surface area contributed by atoms with Crippen molar-refractivity contribution in [3.8, 4) is 0 Å². The van der Waals surface area contributed by atoms with Gasteiger partial charge in [-0.15, -0.1) is 0 Å². The third-order valence-electron chi connectivity index (χ3n) is 3.42. The second kappa shape index (κ2) is 3.07. The van der Waals surface area contributed by atoms with Crippen molar-refractivity contribution in [1.29, 1.82) is 0 Å². The highest BCUT2D eigenvalue weighted by molar-refractivity contribution is 5.54. The van der Waals surface area contributed by atoms with Gasteiger partial charge in [-0.2, -0.15) is 5.10 Å². The van der Waals surface area contributed by atoms with Crippen LogP contribution in [0.1, 0.15) is 18.4 Å². The second-order valence-corrected chi connectivity index (χ2v) is 4.41. The van der Waals surface area contributed by atoms with Crippen molar-refractivity contribution in [2.24, 2.45) is 0 Å². The molecule has 0 unspecified atom stereocenters. The predicted molar refractivity (Wildman–Crippen MR) is 59.9 cm³/mol. The lowest BCUT2D eigenvalue weighted by molar-refractivity contribution is 0.550. The molecule has 0 aromatic carbocycles. The molecule has 0 bridgehead atoms. The minimum absolute atomic E-state index is 0.360. The van der Waals surface area contributed by atoms with Crippen molar-refractivity contribution < 1.29 is 0 Å². The van der Waals surface area contributed by atoms with Crippen LogP contribution >= 0.6 is 0 Å². The highest BCUT2D eigenvalue weighted by Gasteiger charge is 2.41. The Kier molecular flexibility index (Phi) is 1.83.